The molecular formula is C27H36O9. The number of methoxy groups -OCH3 is 3. The lowest BCUT2D eigenvalue weighted by molar-refractivity contribution is -0.252. The van der Waals surface area contributed by atoms with Gasteiger partial charge in [-0.15, -0.1) is 0 Å². The van der Waals surface area contributed by atoms with Crippen molar-refractivity contribution in [2.45, 2.75) is 43.7 Å². The molecule has 2 aromatic carbocycles. The lowest BCUT2D eigenvalue weighted by atomic mass is 10.0. The Morgan fingerprint density at radius 1 is 0.667 bits per heavy atom. The molecular weight excluding hydrogens is 468 g/mol. The number of benzene rings is 2. The van der Waals surface area contributed by atoms with Crippen LogP contribution in [-0.2, 0) is 46.0 Å². The predicted molar refractivity (Wildman–Crippen MR) is 130 cm³/mol. The zero-order valence-electron chi connectivity index (χ0n) is 21.1. The van der Waals surface area contributed by atoms with Crippen LogP contribution in [0.15, 0.2) is 48.5 Å². The van der Waals surface area contributed by atoms with Gasteiger partial charge < -0.3 is 42.6 Å². The Labute approximate surface area is 212 Å². The maximum Gasteiger partial charge on any atom is 0.272 e. The van der Waals surface area contributed by atoms with Crippen LogP contribution in [0.3, 0.4) is 0 Å². The van der Waals surface area contributed by atoms with E-state index in [0.717, 1.165) is 24.3 Å². The van der Waals surface area contributed by atoms with Gasteiger partial charge in [-0.2, -0.15) is 0 Å². The smallest absolute Gasteiger partial charge is 0.272 e. The van der Waals surface area contributed by atoms with Gasteiger partial charge in [-0.05, 0) is 48.2 Å². The third-order valence-electron chi connectivity index (χ3n) is 6.21. The summed E-state index contributed by atoms with van der Waals surface area (Å²) in [5.74, 6) is 1.50. The van der Waals surface area contributed by atoms with Crippen LogP contribution < -0.4 is 9.47 Å². The Hall–Kier alpha value is -2.24. The van der Waals surface area contributed by atoms with Crippen molar-refractivity contribution in [1.82, 2.24) is 0 Å². The van der Waals surface area contributed by atoms with Gasteiger partial charge in [0.05, 0.1) is 13.2 Å². The van der Waals surface area contributed by atoms with Crippen molar-refractivity contribution < 1.29 is 42.6 Å². The minimum absolute atomic E-state index is 0.0747. The topological polar surface area (TPSA) is 83.1 Å². The summed E-state index contributed by atoms with van der Waals surface area (Å²) in [6.07, 6.45) is 0.0112. The first-order chi connectivity index (χ1) is 17.7. The monoisotopic (exact) mass is 504 g/mol. The van der Waals surface area contributed by atoms with Crippen molar-refractivity contribution in [3.05, 3.63) is 59.7 Å². The molecule has 0 aliphatic carbocycles. The van der Waals surface area contributed by atoms with E-state index in [1.807, 2.05) is 48.5 Å². The van der Waals surface area contributed by atoms with Gasteiger partial charge in [0.15, 0.2) is 0 Å². The van der Waals surface area contributed by atoms with Crippen molar-refractivity contribution in [1.29, 1.82) is 0 Å². The van der Waals surface area contributed by atoms with Gasteiger partial charge in [0.2, 0.25) is 0 Å². The number of fused-ring (bicyclic) bond motifs is 1. The molecule has 2 aliphatic heterocycles. The molecule has 0 unspecified atom stereocenters. The second-order valence-corrected chi connectivity index (χ2v) is 8.65. The first-order valence-corrected chi connectivity index (χ1v) is 12.2. The fourth-order valence-electron chi connectivity index (χ4n) is 4.14. The van der Waals surface area contributed by atoms with Gasteiger partial charge in [-0.3, -0.25) is 0 Å². The molecule has 0 N–H and O–H groups in total. The molecule has 9 nitrogen and oxygen atoms in total. The molecule has 0 aromatic heterocycles. The van der Waals surface area contributed by atoms with Crippen LogP contribution in [0.4, 0.5) is 0 Å². The zero-order chi connectivity index (χ0) is 25.2. The molecule has 0 spiro atoms. The van der Waals surface area contributed by atoms with Gasteiger partial charge in [-0.25, -0.2) is 0 Å². The lowest BCUT2D eigenvalue weighted by Gasteiger charge is -2.25. The highest BCUT2D eigenvalue weighted by Gasteiger charge is 2.48. The van der Waals surface area contributed by atoms with E-state index in [1.54, 1.807) is 14.2 Å². The molecule has 2 heterocycles. The molecule has 0 amide bonds. The van der Waals surface area contributed by atoms with Crippen molar-refractivity contribution in [2.75, 3.05) is 54.5 Å². The molecule has 4 atom stereocenters. The van der Waals surface area contributed by atoms with Gasteiger partial charge in [0.25, 0.3) is 6.48 Å². The summed E-state index contributed by atoms with van der Waals surface area (Å²) in [6.45, 7) is 1.18. The van der Waals surface area contributed by atoms with Gasteiger partial charge >= 0.3 is 0 Å². The van der Waals surface area contributed by atoms with E-state index in [-0.39, 0.29) is 20.0 Å². The minimum atomic E-state index is -0.810. The SMILES string of the molecule is COCCc1ccc(OC[C@H]2OCO[C@H](COc3ccc(CCOC)cc3)[C@H]3OC(OC)O[C@@H]32)cc1. The number of hydrogen-bond donors (Lipinski definition) is 0. The Balaban J connectivity index is 1.34. The van der Waals surface area contributed by atoms with E-state index in [2.05, 4.69) is 0 Å². The maximum absolute atomic E-state index is 6.01. The van der Waals surface area contributed by atoms with E-state index < -0.39 is 30.9 Å². The summed E-state index contributed by atoms with van der Waals surface area (Å²) in [6, 6.07) is 15.9. The fraction of sp³-hybridized carbons (Fsp3) is 0.556. The Bertz CT molecular complexity index is 818. The zero-order valence-corrected chi connectivity index (χ0v) is 21.1. The third kappa shape index (κ3) is 7.39. The van der Waals surface area contributed by atoms with Crippen molar-refractivity contribution in [3.8, 4) is 11.5 Å². The van der Waals surface area contributed by atoms with Crippen molar-refractivity contribution in [2.24, 2.45) is 0 Å². The summed E-state index contributed by atoms with van der Waals surface area (Å²) in [5.41, 5.74) is 2.37. The highest BCUT2D eigenvalue weighted by molar-refractivity contribution is 5.28. The van der Waals surface area contributed by atoms with Crippen LogP contribution >= 0.6 is 0 Å². The molecule has 36 heavy (non-hydrogen) atoms. The molecule has 4 rings (SSSR count). The number of ether oxygens (including phenoxy) is 9. The first-order valence-electron chi connectivity index (χ1n) is 12.2. The molecule has 2 aliphatic rings. The van der Waals surface area contributed by atoms with Crippen molar-refractivity contribution in [3.63, 3.8) is 0 Å². The van der Waals surface area contributed by atoms with Crippen LogP contribution in [-0.4, -0.2) is 85.4 Å². The minimum Gasteiger partial charge on any atom is -0.491 e. The van der Waals surface area contributed by atoms with E-state index in [9.17, 15) is 0 Å². The first kappa shape index (κ1) is 26.8. The summed E-state index contributed by atoms with van der Waals surface area (Å²) >= 11 is 0. The normalized spacial score (nSPS) is 24.3. The highest BCUT2D eigenvalue weighted by atomic mass is 16.9. The molecule has 2 saturated heterocycles. The summed E-state index contributed by atoms with van der Waals surface area (Å²) in [5, 5.41) is 0. The van der Waals surface area contributed by atoms with E-state index in [4.69, 9.17) is 42.6 Å². The van der Waals surface area contributed by atoms with Crippen molar-refractivity contribution >= 4 is 0 Å². The van der Waals surface area contributed by atoms with Gasteiger partial charge in [0.1, 0.15) is 55.9 Å². The second-order valence-electron chi connectivity index (χ2n) is 8.65. The van der Waals surface area contributed by atoms with Crippen LogP contribution in [0.5, 0.6) is 11.5 Å². The third-order valence-corrected chi connectivity index (χ3v) is 6.21. The summed E-state index contributed by atoms with van der Waals surface area (Å²) in [4.78, 5) is 0. The second kappa shape index (κ2) is 13.9. The fourth-order valence-corrected chi connectivity index (χ4v) is 4.14. The van der Waals surface area contributed by atoms with Crippen LogP contribution in [0.25, 0.3) is 0 Å². The molecule has 2 fully saturated rings. The predicted octanol–water partition coefficient (Wildman–Crippen LogP) is 2.98. The average Bonchev–Trinajstić information content (AvgIpc) is 3.28. The Morgan fingerprint density at radius 3 is 1.50 bits per heavy atom. The highest BCUT2D eigenvalue weighted by Crippen LogP contribution is 2.31. The largest absolute Gasteiger partial charge is 0.491 e. The van der Waals surface area contributed by atoms with Crippen LogP contribution in [0.2, 0.25) is 0 Å². The van der Waals surface area contributed by atoms with Crippen LogP contribution in [0, 0.1) is 0 Å². The standard InChI is InChI=1S/C27H36O9/c1-28-14-12-19-4-8-21(9-5-19)31-16-23-25-26(36-27(30-3)35-25)24(34-18-33-23)17-32-22-10-6-20(7-11-22)13-15-29-2/h4-11,23-27H,12-18H2,1-3H3/t23-,24-,25-,26-/m1/s1. The van der Waals surface area contributed by atoms with Gasteiger partial charge in [-0.1, -0.05) is 24.3 Å². The molecule has 9 heteroatoms. The Morgan fingerprint density at radius 2 is 1.11 bits per heavy atom. The number of rotatable bonds is 13. The van der Waals surface area contributed by atoms with E-state index in [1.165, 1.54) is 18.2 Å². The maximum atomic E-state index is 6.01. The molecule has 0 saturated carbocycles. The van der Waals surface area contributed by atoms with E-state index >= 15 is 0 Å². The summed E-state index contributed by atoms with van der Waals surface area (Å²) in [7, 11) is 4.93. The lowest BCUT2D eigenvalue weighted by Crippen LogP contribution is -2.45. The quantitative estimate of drug-likeness (QED) is 0.409. The molecule has 0 bridgehead atoms. The Kier molecular flexibility index (Phi) is 10.4. The molecule has 2 aromatic rings. The number of hydrogen-bond acceptors (Lipinski definition) is 9. The molecule has 198 valence electrons. The van der Waals surface area contributed by atoms with E-state index in [0.29, 0.717) is 13.2 Å². The van der Waals surface area contributed by atoms with Crippen LogP contribution in [0.1, 0.15) is 11.1 Å². The molecule has 0 radical (unpaired) electrons. The summed E-state index contributed by atoms with van der Waals surface area (Å²) < 4.78 is 51.5. The van der Waals surface area contributed by atoms with Gasteiger partial charge in [0, 0.05) is 21.3 Å². The average molecular weight is 505 g/mol.